The highest BCUT2D eigenvalue weighted by molar-refractivity contribution is 5.92. The minimum absolute atomic E-state index is 0.211. The molecule has 0 saturated carbocycles. The van der Waals surface area contributed by atoms with Gasteiger partial charge in [0.2, 0.25) is 0 Å². The molecule has 0 saturated heterocycles. The molecule has 0 spiro atoms. The van der Waals surface area contributed by atoms with Crippen molar-refractivity contribution in [2.45, 2.75) is 40.2 Å². The Morgan fingerprint density at radius 1 is 0.705 bits per heavy atom. The molecule has 5 aromatic carbocycles. The van der Waals surface area contributed by atoms with Crippen LogP contribution in [-0.2, 0) is 22.6 Å². The van der Waals surface area contributed by atoms with Crippen molar-refractivity contribution in [2.75, 3.05) is 4.90 Å². The van der Waals surface area contributed by atoms with Crippen molar-refractivity contribution in [3.8, 4) is 0 Å². The molecule has 44 heavy (non-hydrogen) atoms. The van der Waals surface area contributed by atoms with Crippen molar-refractivity contribution in [3.63, 3.8) is 0 Å². The number of anilines is 3. The van der Waals surface area contributed by atoms with E-state index in [0.29, 0.717) is 5.57 Å². The van der Waals surface area contributed by atoms with Crippen LogP contribution in [0.15, 0.2) is 140 Å². The molecule has 0 unspecified atom stereocenters. The molecule has 5 rings (SSSR count). The SMILES string of the molecule is C=C(C)C(=O)OCc1ccc(N(c2ccc(C)cc2)c2ccc(/C=C(\c3ccccc3)c3ccc(CCC)cc3)cc2)cc1. The number of benzene rings is 5. The lowest BCUT2D eigenvalue weighted by molar-refractivity contribution is -0.140. The lowest BCUT2D eigenvalue weighted by atomic mass is 9.94. The number of ether oxygens (including phenoxy) is 1. The van der Waals surface area contributed by atoms with Gasteiger partial charge in [-0.15, -0.1) is 0 Å². The van der Waals surface area contributed by atoms with Crippen molar-refractivity contribution < 1.29 is 9.53 Å². The van der Waals surface area contributed by atoms with Crippen molar-refractivity contribution in [3.05, 3.63) is 173 Å². The van der Waals surface area contributed by atoms with Crippen LogP contribution >= 0.6 is 0 Å². The Hall–Kier alpha value is -5.15. The van der Waals surface area contributed by atoms with E-state index in [2.05, 4.69) is 147 Å². The maximum absolute atomic E-state index is 11.8. The van der Waals surface area contributed by atoms with Gasteiger partial charge in [0.15, 0.2) is 0 Å². The number of carbonyl (C=O) groups excluding carboxylic acids is 1. The monoisotopic (exact) mass is 577 g/mol. The first-order valence-corrected chi connectivity index (χ1v) is 15.2. The number of hydrogen-bond acceptors (Lipinski definition) is 3. The molecule has 0 aliphatic carbocycles. The van der Waals surface area contributed by atoms with Crippen LogP contribution in [-0.4, -0.2) is 5.97 Å². The highest BCUT2D eigenvalue weighted by Crippen LogP contribution is 2.35. The lowest BCUT2D eigenvalue weighted by Crippen LogP contribution is -2.10. The fourth-order valence-corrected chi connectivity index (χ4v) is 5.13. The average Bonchev–Trinajstić information content (AvgIpc) is 3.06. The van der Waals surface area contributed by atoms with Gasteiger partial charge in [-0.1, -0.05) is 116 Å². The largest absolute Gasteiger partial charge is 0.457 e. The smallest absolute Gasteiger partial charge is 0.333 e. The first-order valence-electron chi connectivity index (χ1n) is 15.2. The number of hydrogen-bond donors (Lipinski definition) is 0. The normalized spacial score (nSPS) is 11.2. The maximum atomic E-state index is 11.8. The highest BCUT2D eigenvalue weighted by Gasteiger charge is 2.14. The van der Waals surface area contributed by atoms with Crippen molar-refractivity contribution in [1.29, 1.82) is 0 Å². The molecule has 0 aliphatic rings. The first kappa shape index (κ1) is 30.3. The van der Waals surface area contributed by atoms with Crippen molar-refractivity contribution in [1.82, 2.24) is 0 Å². The van der Waals surface area contributed by atoms with Crippen molar-refractivity contribution in [2.24, 2.45) is 0 Å². The second-order valence-corrected chi connectivity index (χ2v) is 11.2. The molecule has 0 atom stereocenters. The van der Waals surface area contributed by atoms with Crippen LogP contribution in [0.5, 0.6) is 0 Å². The van der Waals surface area contributed by atoms with E-state index in [1.54, 1.807) is 6.92 Å². The fourth-order valence-electron chi connectivity index (χ4n) is 5.13. The summed E-state index contributed by atoms with van der Waals surface area (Å²) < 4.78 is 5.34. The third-order valence-electron chi connectivity index (χ3n) is 7.56. The summed E-state index contributed by atoms with van der Waals surface area (Å²) in [5.41, 5.74) is 11.7. The van der Waals surface area contributed by atoms with E-state index in [-0.39, 0.29) is 12.6 Å². The van der Waals surface area contributed by atoms with Gasteiger partial charge < -0.3 is 9.64 Å². The second kappa shape index (κ2) is 14.3. The van der Waals surface area contributed by atoms with Crippen LogP contribution in [0.2, 0.25) is 0 Å². The van der Waals surface area contributed by atoms with Gasteiger partial charge in [-0.2, -0.15) is 0 Å². The van der Waals surface area contributed by atoms with Crippen LogP contribution < -0.4 is 4.90 Å². The maximum Gasteiger partial charge on any atom is 0.333 e. The lowest BCUT2D eigenvalue weighted by Gasteiger charge is -2.26. The van der Waals surface area contributed by atoms with Crippen LogP contribution in [0.3, 0.4) is 0 Å². The summed E-state index contributed by atoms with van der Waals surface area (Å²) in [5.74, 6) is -0.381. The van der Waals surface area contributed by atoms with E-state index >= 15 is 0 Å². The molecule has 0 amide bonds. The Kier molecular flexibility index (Phi) is 9.89. The summed E-state index contributed by atoms with van der Waals surface area (Å²) in [6, 6.07) is 44.9. The summed E-state index contributed by atoms with van der Waals surface area (Å²) in [7, 11) is 0. The van der Waals surface area contributed by atoms with E-state index in [4.69, 9.17) is 4.74 Å². The summed E-state index contributed by atoms with van der Waals surface area (Å²) in [6.45, 7) is 9.83. The van der Waals surface area contributed by atoms with E-state index in [1.807, 2.05) is 12.1 Å². The predicted octanol–water partition coefficient (Wildman–Crippen LogP) is 10.6. The minimum Gasteiger partial charge on any atom is -0.457 e. The highest BCUT2D eigenvalue weighted by atomic mass is 16.5. The van der Waals surface area contributed by atoms with E-state index in [9.17, 15) is 4.79 Å². The fraction of sp³-hybridized carbons (Fsp3) is 0.146. The number of nitrogens with zero attached hydrogens (tertiary/aromatic N) is 1. The molecule has 0 heterocycles. The molecular formula is C41H39NO2. The van der Waals surface area contributed by atoms with E-state index in [1.165, 1.54) is 27.8 Å². The van der Waals surface area contributed by atoms with Crippen LogP contribution in [0.4, 0.5) is 17.1 Å². The standard InChI is InChI=1S/C41H39NO2/c1-5-9-32-14-20-36(21-15-32)40(35-10-7-6-8-11-35)28-33-16-24-38(25-17-33)42(37-22-12-31(4)13-23-37)39-26-18-34(19-27-39)29-44-41(43)30(2)3/h6-8,10-28H,2,5,9,29H2,1,3-4H3/b40-28+. The predicted molar refractivity (Wildman–Crippen MR) is 184 cm³/mol. The van der Waals surface area contributed by atoms with Gasteiger partial charge >= 0.3 is 5.97 Å². The first-order chi connectivity index (χ1) is 21.4. The molecule has 3 nitrogen and oxygen atoms in total. The Balaban J connectivity index is 1.47. The number of rotatable bonds is 11. The Labute approximate surface area is 261 Å². The second-order valence-electron chi connectivity index (χ2n) is 11.2. The topological polar surface area (TPSA) is 29.5 Å². The molecule has 220 valence electrons. The van der Waals surface area contributed by atoms with Crippen LogP contribution in [0, 0.1) is 6.92 Å². The molecule has 0 aromatic heterocycles. The van der Waals surface area contributed by atoms with Crippen LogP contribution in [0.1, 0.15) is 53.6 Å². The Morgan fingerprint density at radius 2 is 1.23 bits per heavy atom. The molecule has 0 aliphatic heterocycles. The van der Waals surface area contributed by atoms with Gasteiger partial charge in [0.1, 0.15) is 6.61 Å². The zero-order valence-electron chi connectivity index (χ0n) is 25.8. The minimum atomic E-state index is -0.381. The Bertz CT molecular complexity index is 1710. The molecule has 0 N–H and O–H groups in total. The zero-order chi connectivity index (χ0) is 30.9. The van der Waals surface area contributed by atoms with Crippen LogP contribution in [0.25, 0.3) is 11.6 Å². The van der Waals surface area contributed by atoms with Crippen molar-refractivity contribution >= 4 is 34.7 Å². The molecule has 3 heteroatoms. The van der Waals surface area contributed by atoms with Gasteiger partial charge in [0.25, 0.3) is 0 Å². The molecule has 0 radical (unpaired) electrons. The Morgan fingerprint density at radius 3 is 1.80 bits per heavy atom. The summed E-state index contributed by atoms with van der Waals surface area (Å²) in [5, 5.41) is 0. The van der Waals surface area contributed by atoms with Gasteiger partial charge in [0, 0.05) is 22.6 Å². The number of carbonyl (C=O) groups is 1. The summed E-state index contributed by atoms with van der Waals surface area (Å²) in [4.78, 5) is 14.1. The number of esters is 1. The van der Waals surface area contributed by atoms with E-state index < -0.39 is 0 Å². The third-order valence-corrected chi connectivity index (χ3v) is 7.56. The zero-order valence-corrected chi connectivity index (χ0v) is 25.8. The van der Waals surface area contributed by atoms with E-state index in [0.717, 1.165) is 41.0 Å². The molecule has 0 fully saturated rings. The van der Waals surface area contributed by atoms with Gasteiger partial charge in [-0.25, -0.2) is 4.79 Å². The summed E-state index contributed by atoms with van der Waals surface area (Å²) in [6.07, 6.45) is 4.50. The van der Waals surface area contributed by atoms with Gasteiger partial charge in [-0.05, 0) is 96.1 Å². The number of aryl methyl sites for hydroxylation is 2. The quantitative estimate of drug-likeness (QED) is 0.0888. The third kappa shape index (κ3) is 7.62. The average molecular weight is 578 g/mol. The van der Waals surface area contributed by atoms with Gasteiger partial charge in [-0.3, -0.25) is 0 Å². The molecule has 0 bridgehead atoms. The summed E-state index contributed by atoms with van der Waals surface area (Å²) >= 11 is 0. The van der Waals surface area contributed by atoms with Gasteiger partial charge in [0.05, 0.1) is 0 Å². The molecular weight excluding hydrogens is 538 g/mol. The molecule has 5 aromatic rings.